The molecule has 2 nitrogen and oxygen atoms in total. The van der Waals surface area contributed by atoms with Crippen molar-refractivity contribution in [3.05, 3.63) is 0 Å². The predicted octanol–water partition coefficient (Wildman–Crippen LogP) is 0.631. The van der Waals surface area contributed by atoms with Gasteiger partial charge < -0.3 is 10.6 Å². The molecular formula is C6H12N2S. The second-order valence-electron chi connectivity index (χ2n) is 2.66. The number of rotatable bonds is 0. The second-order valence-corrected chi connectivity index (χ2v) is 3.06. The number of hydrogen-bond donors (Lipinski definition) is 2. The Labute approximate surface area is 61.0 Å². The minimum Gasteiger partial charge on any atom is -0.360 e. The lowest BCUT2D eigenvalue weighted by atomic mass is 10.1. The monoisotopic (exact) mass is 144 g/mol. The van der Waals surface area contributed by atoms with Gasteiger partial charge in [0.2, 0.25) is 0 Å². The lowest BCUT2D eigenvalue weighted by Gasteiger charge is -2.28. The standard InChI is InChI=1S/C6H12N2S/c1-4-3-5(2)8-6(9)7-4/h4-5H,3H2,1-2H3,(H2,7,8,9). The van der Waals surface area contributed by atoms with E-state index in [1.165, 1.54) is 0 Å². The van der Waals surface area contributed by atoms with Gasteiger partial charge >= 0.3 is 0 Å². The molecule has 52 valence electrons. The molecule has 0 aromatic heterocycles. The van der Waals surface area contributed by atoms with E-state index >= 15 is 0 Å². The molecule has 0 amide bonds. The van der Waals surface area contributed by atoms with Gasteiger partial charge in [-0.05, 0) is 32.5 Å². The van der Waals surface area contributed by atoms with Gasteiger partial charge in [0.15, 0.2) is 5.11 Å². The fraction of sp³-hybridized carbons (Fsp3) is 0.833. The Kier molecular flexibility index (Phi) is 1.90. The van der Waals surface area contributed by atoms with Crippen LogP contribution in [0, 0.1) is 0 Å². The summed E-state index contributed by atoms with van der Waals surface area (Å²) in [4.78, 5) is 0. The van der Waals surface area contributed by atoms with Gasteiger partial charge in [0.05, 0.1) is 0 Å². The van der Waals surface area contributed by atoms with E-state index in [0.29, 0.717) is 12.1 Å². The third-order valence-corrected chi connectivity index (χ3v) is 1.70. The van der Waals surface area contributed by atoms with Gasteiger partial charge in [-0.1, -0.05) is 0 Å². The maximum absolute atomic E-state index is 4.94. The topological polar surface area (TPSA) is 24.1 Å². The minimum atomic E-state index is 0.536. The molecule has 1 fully saturated rings. The van der Waals surface area contributed by atoms with Crippen LogP contribution >= 0.6 is 12.2 Å². The van der Waals surface area contributed by atoms with Crippen molar-refractivity contribution >= 4 is 17.3 Å². The summed E-state index contributed by atoms with van der Waals surface area (Å²) >= 11 is 4.94. The van der Waals surface area contributed by atoms with Gasteiger partial charge in [-0.3, -0.25) is 0 Å². The lowest BCUT2D eigenvalue weighted by molar-refractivity contribution is 0.467. The van der Waals surface area contributed by atoms with Crippen LogP contribution in [0.2, 0.25) is 0 Å². The molecule has 2 N–H and O–H groups in total. The van der Waals surface area contributed by atoms with Crippen molar-refractivity contribution < 1.29 is 0 Å². The number of thiocarbonyl (C=S) groups is 1. The van der Waals surface area contributed by atoms with E-state index in [4.69, 9.17) is 12.2 Å². The minimum absolute atomic E-state index is 0.536. The summed E-state index contributed by atoms with van der Waals surface area (Å²) in [5, 5.41) is 7.05. The van der Waals surface area contributed by atoms with Crippen LogP contribution in [0.3, 0.4) is 0 Å². The number of nitrogens with one attached hydrogen (secondary N) is 2. The normalized spacial score (nSPS) is 35.1. The summed E-state index contributed by atoms with van der Waals surface area (Å²) in [6.07, 6.45) is 1.15. The Hall–Kier alpha value is -0.310. The molecule has 1 aliphatic heterocycles. The van der Waals surface area contributed by atoms with Crippen LogP contribution < -0.4 is 10.6 Å². The van der Waals surface area contributed by atoms with Crippen molar-refractivity contribution in [1.82, 2.24) is 10.6 Å². The Morgan fingerprint density at radius 1 is 1.33 bits per heavy atom. The average molecular weight is 144 g/mol. The van der Waals surface area contributed by atoms with Crippen LogP contribution in [0.4, 0.5) is 0 Å². The van der Waals surface area contributed by atoms with Gasteiger partial charge in [0, 0.05) is 12.1 Å². The summed E-state index contributed by atoms with van der Waals surface area (Å²) < 4.78 is 0. The van der Waals surface area contributed by atoms with Crippen molar-refractivity contribution in [3.63, 3.8) is 0 Å². The van der Waals surface area contributed by atoms with Crippen LogP contribution in [-0.2, 0) is 0 Å². The third kappa shape index (κ3) is 1.82. The predicted molar refractivity (Wildman–Crippen MR) is 42.4 cm³/mol. The van der Waals surface area contributed by atoms with Crippen LogP contribution in [0.15, 0.2) is 0 Å². The highest BCUT2D eigenvalue weighted by Crippen LogP contribution is 2.01. The van der Waals surface area contributed by atoms with E-state index in [9.17, 15) is 0 Å². The molecular weight excluding hydrogens is 132 g/mol. The van der Waals surface area contributed by atoms with Crippen molar-refractivity contribution in [2.24, 2.45) is 0 Å². The first-order valence-electron chi connectivity index (χ1n) is 3.25. The summed E-state index contributed by atoms with van der Waals surface area (Å²) in [7, 11) is 0. The van der Waals surface area contributed by atoms with Crippen molar-refractivity contribution in [2.45, 2.75) is 32.4 Å². The van der Waals surface area contributed by atoms with E-state index in [1.54, 1.807) is 0 Å². The highest BCUT2D eigenvalue weighted by atomic mass is 32.1. The molecule has 0 radical (unpaired) electrons. The maximum atomic E-state index is 4.94. The molecule has 0 aromatic carbocycles. The molecule has 0 bridgehead atoms. The first-order chi connectivity index (χ1) is 4.18. The fourth-order valence-corrected chi connectivity index (χ4v) is 1.54. The molecule has 9 heavy (non-hydrogen) atoms. The van der Waals surface area contributed by atoms with Gasteiger partial charge in [-0.15, -0.1) is 0 Å². The summed E-state index contributed by atoms with van der Waals surface area (Å²) in [5.41, 5.74) is 0. The molecule has 2 atom stereocenters. The Balaban J connectivity index is 2.43. The highest BCUT2D eigenvalue weighted by Gasteiger charge is 2.15. The second kappa shape index (κ2) is 2.52. The SMILES string of the molecule is CC1CC(C)NC(=S)N1. The van der Waals surface area contributed by atoms with Gasteiger partial charge in [0.1, 0.15) is 0 Å². The van der Waals surface area contributed by atoms with Crippen LogP contribution in [0.5, 0.6) is 0 Å². The van der Waals surface area contributed by atoms with Crippen LogP contribution in [-0.4, -0.2) is 17.2 Å². The molecule has 0 aliphatic carbocycles. The molecule has 0 aromatic rings. The summed E-state index contributed by atoms with van der Waals surface area (Å²) in [6, 6.07) is 1.07. The van der Waals surface area contributed by atoms with E-state index in [1.807, 2.05) is 0 Å². The van der Waals surface area contributed by atoms with Gasteiger partial charge in [0.25, 0.3) is 0 Å². The zero-order chi connectivity index (χ0) is 6.85. The Morgan fingerprint density at radius 3 is 2.11 bits per heavy atom. The van der Waals surface area contributed by atoms with Crippen molar-refractivity contribution in [1.29, 1.82) is 0 Å². The first kappa shape index (κ1) is 6.81. The first-order valence-corrected chi connectivity index (χ1v) is 3.66. The van der Waals surface area contributed by atoms with Crippen molar-refractivity contribution in [3.8, 4) is 0 Å². The fourth-order valence-electron chi connectivity index (χ4n) is 1.14. The molecule has 3 heteroatoms. The van der Waals surface area contributed by atoms with Crippen LogP contribution in [0.25, 0.3) is 0 Å². The van der Waals surface area contributed by atoms with Gasteiger partial charge in [-0.25, -0.2) is 0 Å². The third-order valence-electron chi connectivity index (χ3n) is 1.46. The van der Waals surface area contributed by atoms with E-state index < -0.39 is 0 Å². The largest absolute Gasteiger partial charge is 0.360 e. The quantitative estimate of drug-likeness (QED) is 0.488. The highest BCUT2D eigenvalue weighted by molar-refractivity contribution is 7.80. The van der Waals surface area contributed by atoms with E-state index in [-0.39, 0.29) is 0 Å². The molecule has 1 rings (SSSR count). The molecule has 1 heterocycles. The number of hydrogen-bond acceptors (Lipinski definition) is 1. The average Bonchev–Trinajstić information content (AvgIpc) is 1.59. The zero-order valence-corrected chi connectivity index (χ0v) is 6.59. The molecule has 0 saturated carbocycles. The lowest BCUT2D eigenvalue weighted by Crippen LogP contribution is -2.51. The Morgan fingerprint density at radius 2 is 1.78 bits per heavy atom. The molecule has 1 saturated heterocycles. The smallest absolute Gasteiger partial charge is 0.166 e. The van der Waals surface area contributed by atoms with Crippen LogP contribution in [0.1, 0.15) is 20.3 Å². The Bertz CT molecular complexity index is 112. The van der Waals surface area contributed by atoms with E-state index in [0.717, 1.165) is 11.5 Å². The zero-order valence-electron chi connectivity index (χ0n) is 5.77. The maximum Gasteiger partial charge on any atom is 0.166 e. The summed E-state index contributed by atoms with van der Waals surface area (Å²) in [5.74, 6) is 0. The van der Waals surface area contributed by atoms with E-state index in [2.05, 4.69) is 24.5 Å². The molecule has 0 spiro atoms. The molecule has 2 unspecified atom stereocenters. The van der Waals surface area contributed by atoms with Crippen molar-refractivity contribution in [2.75, 3.05) is 0 Å². The molecule has 1 aliphatic rings. The van der Waals surface area contributed by atoms with Gasteiger partial charge in [-0.2, -0.15) is 0 Å². The summed E-state index contributed by atoms with van der Waals surface area (Å²) in [6.45, 7) is 4.28.